The summed E-state index contributed by atoms with van der Waals surface area (Å²) in [5.41, 5.74) is 0.749. The quantitative estimate of drug-likeness (QED) is 0.901. The van der Waals surface area contributed by atoms with Crippen molar-refractivity contribution in [2.45, 2.75) is 19.4 Å². The zero-order chi connectivity index (χ0) is 12.3. The van der Waals surface area contributed by atoms with Crippen LogP contribution in [-0.4, -0.2) is 18.1 Å². The highest BCUT2D eigenvalue weighted by atomic mass is 79.9. The molecule has 0 aromatic heterocycles. The first-order valence-corrected chi connectivity index (χ1v) is 7.87. The molecule has 0 aliphatic carbocycles. The van der Waals surface area contributed by atoms with Crippen LogP contribution in [0.15, 0.2) is 22.7 Å². The summed E-state index contributed by atoms with van der Waals surface area (Å²) >= 11 is 5.29. The molecule has 1 N–H and O–H groups in total. The average Bonchev–Trinajstić information content (AvgIpc) is 2.78. The molecule has 1 saturated heterocycles. The molecule has 1 aromatic carbocycles. The molecule has 2 rings (SSSR count). The summed E-state index contributed by atoms with van der Waals surface area (Å²) in [5, 5.41) is 3.43. The van der Waals surface area contributed by atoms with E-state index in [0.717, 1.165) is 22.5 Å². The zero-order valence-corrected chi connectivity index (χ0v) is 12.3. The second-order valence-electron chi connectivity index (χ2n) is 4.53. The minimum Gasteiger partial charge on any atom is -0.310 e. The Kier molecular flexibility index (Phi) is 4.88. The molecule has 0 amide bonds. The topological polar surface area (TPSA) is 12.0 Å². The minimum absolute atomic E-state index is 0.0775. The van der Waals surface area contributed by atoms with Crippen molar-refractivity contribution in [1.29, 1.82) is 0 Å². The van der Waals surface area contributed by atoms with Gasteiger partial charge >= 0.3 is 0 Å². The maximum Gasteiger partial charge on any atom is 0.129 e. The first-order valence-electron chi connectivity index (χ1n) is 5.93. The third-order valence-corrected chi connectivity index (χ3v) is 4.89. The van der Waals surface area contributed by atoms with E-state index in [2.05, 4.69) is 21.2 Å². The predicted molar refractivity (Wildman–Crippen MR) is 75.9 cm³/mol. The van der Waals surface area contributed by atoms with Gasteiger partial charge in [0.15, 0.2) is 0 Å². The van der Waals surface area contributed by atoms with Crippen molar-refractivity contribution < 1.29 is 4.39 Å². The monoisotopic (exact) mass is 317 g/mol. The molecule has 0 spiro atoms. The minimum atomic E-state index is -0.139. The van der Waals surface area contributed by atoms with Crippen LogP contribution in [0.3, 0.4) is 0 Å². The first-order chi connectivity index (χ1) is 8.16. The highest BCUT2D eigenvalue weighted by Crippen LogP contribution is 2.24. The van der Waals surface area contributed by atoms with Gasteiger partial charge < -0.3 is 5.32 Å². The number of rotatable bonds is 4. The second kappa shape index (κ2) is 6.21. The van der Waals surface area contributed by atoms with E-state index in [-0.39, 0.29) is 11.9 Å². The largest absolute Gasteiger partial charge is 0.310 e. The summed E-state index contributed by atoms with van der Waals surface area (Å²) in [6.45, 7) is 3.01. The number of hydrogen-bond donors (Lipinski definition) is 1. The lowest BCUT2D eigenvalue weighted by molar-refractivity contribution is 0.464. The Bertz CT molecular complexity index is 380. The Balaban J connectivity index is 1.91. The second-order valence-corrected chi connectivity index (χ2v) is 6.59. The zero-order valence-electron chi connectivity index (χ0n) is 9.88. The summed E-state index contributed by atoms with van der Waals surface area (Å²) < 4.78 is 14.5. The smallest absolute Gasteiger partial charge is 0.129 e. The molecule has 1 nitrogen and oxygen atoms in total. The Morgan fingerprint density at radius 1 is 1.59 bits per heavy atom. The van der Waals surface area contributed by atoms with Gasteiger partial charge in [0, 0.05) is 16.1 Å². The number of nitrogens with one attached hydrogen (secondary N) is 1. The lowest BCUT2D eigenvalue weighted by atomic mass is 10.1. The standard InChI is InChI=1S/C13H17BrFNS/c1-9(16-7-10-4-5-17-8-10)12-3-2-11(14)6-13(12)15/h2-3,6,9-10,16H,4-5,7-8H2,1H3. The van der Waals surface area contributed by atoms with Crippen LogP contribution in [0.1, 0.15) is 24.9 Å². The van der Waals surface area contributed by atoms with E-state index in [4.69, 9.17) is 0 Å². The summed E-state index contributed by atoms with van der Waals surface area (Å²) in [7, 11) is 0. The fourth-order valence-electron chi connectivity index (χ4n) is 2.05. The van der Waals surface area contributed by atoms with Crippen LogP contribution in [0.4, 0.5) is 4.39 Å². The molecule has 2 atom stereocenters. The molecule has 1 fully saturated rings. The molecule has 2 unspecified atom stereocenters. The van der Waals surface area contributed by atoms with Crippen LogP contribution in [0, 0.1) is 11.7 Å². The van der Waals surface area contributed by atoms with E-state index < -0.39 is 0 Å². The fraction of sp³-hybridized carbons (Fsp3) is 0.538. The molecule has 17 heavy (non-hydrogen) atoms. The van der Waals surface area contributed by atoms with Gasteiger partial charge in [-0.1, -0.05) is 22.0 Å². The predicted octanol–water partition coefficient (Wildman–Crippen LogP) is 3.99. The summed E-state index contributed by atoms with van der Waals surface area (Å²) in [5.74, 6) is 3.12. The van der Waals surface area contributed by atoms with E-state index in [0.29, 0.717) is 0 Å². The Morgan fingerprint density at radius 3 is 3.06 bits per heavy atom. The third-order valence-electron chi connectivity index (χ3n) is 3.17. The van der Waals surface area contributed by atoms with Crippen molar-refractivity contribution in [2.75, 3.05) is 18.1 Å². The van der Waals surface area contributed by atoms with Gasteiger partial charge in [-0.25, -0.2) is 4.39 Å². The first kappa shape index (κ1) is 13.4. The maximum atomic E-state index is 13.7. The van der Waals surface area contributed by atoms with Crippen molar-refractivity contribution in [3.63, 3.8) is 0 Å². The number of halogens is 2. The molecule has 1 aliphatic heterocycles. The average molecular weight is 318 g/mol. The van der Waals surface area contributed by atoms with Crippen LogP contribution in [-0.2, 0) is 0 Å². The van der Waals surface area contributed by atoms with E-state index in [1.165, 1.54) is 24.0 Å². The van der Waals surface area contributed by atoms with Gasteiger partial charge in [0.25, 0.3) is 0 Å². The summed E-state index contributed by atoms with van der Waals surface area (Å²) in [6, 6.07) is 5.34. The van der Waals surface area contributed by atoms with Gasteiger partial charge in [-0.2, -0.15) is 11.8 Å². The highest BCUT2D eigenvalue weighted by Gasteiger charge is 2.17. The highest BCUT2D eigenvalue weighted by molar-refractivity contribution is 9.10. The van der Waals surface area contributed by atoms with Gasteiger partial charge in [-0.15, -0.1) is 0 Å². The van der Waals surface area contributed by atoms with Crippen molar-refractivity contribution >= 4 is 27.7 Å². The molecule has 4 heteroatoms. The number of hydrogen-bond acceptors (Lipinski definition) is 2. The molecular weight excluding hydrogens is 301 g/mol. The van der Waals surface area contributed by atoms with E-state index >= 15 is 0 Å². The van der Waals surface area contributed by atoms with Crippen LogP contribution in [0.2, 0.25) is 0 Å². The van der Waals surface area contributed by atoms with E-state index in [1.807, 2.05) is 30.8 Å². The lowest BCUT2D eigenvalue weighted by Gasteiger charge is -2.17. The van der Waals surface area contributed by atoms with Gasteiger partial charge in [0.1, 0.15) is 5.82 Å². The van der Waals surface area contributed by atoms with E-state index in [9.17, 15) is 4.39 Å². The SMILES string of the molecule is CC(NCC1CCSC1)c1ccc(Br)cc1F. The van der Waals surface area contributed by atoms with Gasteiger partial charge in [-0.3, -0.25) is 0 Å². The molecule has 1 heterocycles. The Hall–Kier alpha value is -0.0600. The Labute approximate surface area is 115 Å². The molecule has 0 bridgehead atoms. The van der Waals surface area contributed by atoms with Crippen LogP contribution < -0.4 is 5.32 Å². The van der Waals surface area contributed by atoms with Gasteiger partial charge in [-0.05, 0) is 49.4 Å². The molecule has 0 saturated carbocycles. The van der Waals surface area contributed by atoms with Crippen LogP contribution in [0.25, 0.3) is 0 Å². The molecule has 1 aromatic rings. The van der Waals surface area contributed by atoms with Crippen LogP contribution >= 0.6 is 27.7 Å². The third kappa shape index (κ3) is 3.70. The normalized spacial score (nSPS) is 21.7. The summed E-state index contributed by atoms with van der Waals surface area (Å²) in [6.07, 6.45) is 1.28. The van der Waals surface area contributed by atoms with Gasteiger partial charge in [0.05, 0.1) is 0 Å². The molecular formula is C13H17BrFNS. The van der Waals surface area contributed by atoms with Crippen molar-refractivity contribution in [3.8, 4) is 0 Å². The van der Waals surface area contributed by atoms with Gasteiger partial charge in [0.2, 0.25) is 0 Å². The Morgan fingerprint density at radius 2 is 2.41 bits per heavy atom. The van der Waals surface area contributed by atoms with Crippen LogP contribution in [0.5, 0.6) is 0 Å². The lowest BCUT2D eigenvalue weighted by Crippen LogP contribution is -2.26. The number of thioether (sulfide) groups is 1. The molecule has 1 aliphatic rings. The number of benzene rings is 1. The molecule has 0 radical (unpaired) electrons. The van der Waals surface area contributed by atoms with Crippen molar-refractivity contribution in [3.05, 3.63) is 34.1 Å². The maximum absolute atomic E-state index is 13.7. The molecule has 94 valence electrons. The van der Waals surface area contributed by atoms with Crippen molar-refractivity contribution in [1.82, 2.24) is 5.32 Å². The van der Waals surface area contributed by atoms with E-state index in [1.54, 1.807) is 0 Å². The summed E-state index contributed by atoms with van der Waals surface area (Å²) in [4.78, 5) is 0. The fourth-order valence-corrected chi connectivity index (χ4v) is 3.67. The van der Waals surface area contributed by atoms with Crippen molar-refractivity contribution in [2.24, 2.45) is 5.92 Å².